The Labute approximate surface area is 223 Å². The number of hydrogen-bond donors (Lipinski definition) is 0. The summed E-state index contributed by atoms with van der Waals surface area (Å²) in [6.07, 6.45) is 1.12. The van der Waals surface area contributed by atoms with E-state index in [9.17, 15) is 26.4 Å². The molecule has 1 spiro atoms. The van der Waals surface area contributed by atoms with E-state index in [-0.39, 0.29) is 42.3 Å². The van der Waals surface area contributed by atoms with E-state index >= 15 is 0 Å². The first-order valence-corrected chi connectivity index (χ1v) is 16.6. The third kappa shape index (κ3) is 6.59. The molecule has 0 saturated carbocycles. The Bertz CT molecular complexity index is 1210. The van der Waals surface area contributed by atoms with Crippen molar-refractivity contribution < 1.29 is 44.5 Å². The van der Waals surface area contributed by atoms with Crippen LogP contribution < -0.4 is 9.16 Å². The molecule has 0 unspecified atom stereocenters. The monoisotopic (exact) mass is 579 g/mol. The molecular weight excluding hydrogens is 543 g/mol. The summed E-state index contributed by atoms with van der Waals surface area (Å²) in [4.78, 5) is 14.0. The molecule has 0 N–H and O–H groups in total. The Morgan fingerprint density at radius 1 is 1.05 bits per heavy atom. The second-order valence-corrected chi connectivity index (χ2v) is 18.4. The Morgan fingerprint density at radius 2 is 1.63 bits per heavy atom. The second-order valence-electron chi connectivity index (χ2n) is 12.1. The molecule has 1 aromatic carbocycles. The molecule has 1 amide bonds. The van der Waals surface area contributed by atoms with E-state index in [0.29, 0.717) is 5.75 Å². The summed E-state index contributed by atoms with van der Waals surface area (Å²) in [6.45, 7) is 15.8. The fraction of sp³-hybridized carbons (Fsp3) is 0.640. The van der Waals surface area contributed by atoms with Crippen LogP contribution in [0.25, 0.3) is 5.76 Å². The number of benzene rings is 1. The maximum Gasteiger partial charge on any atom is 0.534 e. The van der Waals surface area contributed by atoms with Crippen LogP contribution in [0.3, 0.4) is 0 Å². The molecule has 0 radical (unpaired) electrons. The van der Waals surface area contributed by atoms with Crippen LogP contribution in [-0.2, 0) is 19.0 Å². The molecule has 1 fully saturated rings. The third-order valence-corrected chi connectivity index (χ3v) is 12.2. The van der Waals surface area contributed by atoms with Gasteiger partial charge in [0.15, 0.2) is 5.76 Å². The fourth-order valence-corrected chi connectivity index (χ4v) is 5.23. The predicted octanol–water partition coefficient (Wildman–Crippen LogP) is 6.44. The van der Waals surface area contributed by atoms with Gasteiger partial charge in [0.05, 0.1) is 5.56 Å². The highest BCUT2D eigenvalue weighted by Crippen LogP contribution is 2.45. The smallest absolute Gasteiger partial charge is 0.534 e. The lowest BCUT2D eigenvalue weighted by molar-refractivity contribution is -0.0512. The van der Waals surface area contributed by atoms with Gasteiger partial charge in [-0.2, -0.15) is 21.6 Å². The van der Waals surface area contributed by atoms with Crippen LogP contribution in [-0.4, -0.2) is 57.5 Å². The zero-order valence-corrected chi connectivity index (χ0v) is 24.8. The van der Waals surface area contributed by atoms with Crippen molar-refractivity contribution in [3.63, 3.8) is 0 Å². The van der Waals surface area contributed by atoms with Gasteiger partial charge >= 0.3 is 21.7 Å². The number of carbonyl (C=O) groups excluding carboxylic acids is 1. The third-order valence-electron chi connectivity index (χ3n) is 6.85. The van der Waals surface area contributed by atoms with E-state index in [4.69, 9.17) is 13.9 Å². The van der Waals surface area contributed by atoms with E-state index in [0.717, 1.165) is 0 Å². The first-order chi connectivity index (χ1) is 17.0. The van der Waals surface area contributed by atoms with Crippen molar-refractivity contribution in [1.82, 2.24) is 4.90 Å². The number of hydrogen-bond acceptors (Lipinski definition) is 7. The summed E-state index contributed by atoms with van der Waals surface area (Å²) < 4.78 is 86.3. The number of alkyl halides is 3. The molecule has 2 heterocycles. The van der Waals surface area contributed by atoms with Crippen molar-refractivity contribution in [2.24, 2.45) is 0 Å². The number of ether oxygens (including phenoxy) is 2. The standard InChI is InChI=1S/C25H36F3NO7SSi/c1-22(2,3)34-21(30)29-13-11-24(12-14-29)16-20(35-37(31,32)25(26,27)28)18-15-17(9-10-19(18)33-24)36-38(7,8)23(4,5)6/h9-10,15-16H,11-14H2,1-8H3. The van der Waals surface area contributed by atoms with Crippen LogP contribution in [0.2, 0.25) is 18.1 Å². The van der Waals surface area contributed by atoms with Gasteiger partial charge in [-0.3, -0.25) is 0 Å². The van der Waals surface area contributed by atoms with Gasteiger partial charge < -0.3 is 23.0 Å². The van der Waals surface area contributed by atoms with Gasteiger partial charge in [0.1, 0.15) is 22.7 Å². The predicted molar refractivity (Wildman–Crippen MR) is 139 cm³/mol. The molecular formula is C25H36F3NO7SSi. The average Bonchev–Trinajstić information content (AvgIpc) is 2.71. The molecule has 13 heteroatoms. The summed E-state index contributed by atoms with van der Waals surface area (Å²) in [5.41, 5.74) is -7.45. The van der Waals surface area contributed by atoms with E-state index in [2.05, 4.69) is 4.18 Å². The zero-order valence-electron chi connectivity index (χ0n) is 23.0. The summed E-state index contributed by atoms with van der Waals surface area (Å²) in [5, 5.41) is -0.152. The Kier molecular flexibility index (Phi) is 7.65. The van der Waals surface area contributed by atoms with Crippen molar-refractivity contribution in [3.8, 4) is 11.5 Å². The van der Waals surface area contributed by atoms with Crippen LogP contribution >= 0.6 is 0 Å². The average molecular weight is 580 g/mol. The van der Waals surface area contributed by atoms with Gasteiger partial charge in [0.2, 0.25) is 8.32 Å². The number of likely N-dealkylation sites (tertiary alicyclic amines) is 1. The quantitative estimate of drug-likeness (QED) is 0.230. The van der Waals surface area contributed by atoms with Crippen LogP contribution in [0.15, 0.2) is 24.3 Å². The summed E-state index contributed by atoms with van der Waals surface area (Å²) >= 11 is 0. The van der Waals surface area contributed by atoms with Crippen molar-refractivity contribution in [3.05, 3.63) is 29.8 Å². The van der Waals surface area contributed by atoms with Crippen LogP contribution in [0.4, 0.5) is 18.0 Å². The number of halogens is 3. The number of nitrogens with zero attached hydrogens (tertiary/aromatic N) is 1. The second kappa shape index (κ2) is 9.65. The maximum atomic E-state index is 13.3. The highest BCUT2D eigenvalue weighted by Gasteiger charge is 2.50. The summed E-state index contributed by atoms with van der Waals surface area (Å²) in [7, 11) is -8.26. The Morgan fingerprint density at radius 3 is 2.13 bits per heavy atom. The lowest BCUT2D eigenvalue weighted by atomic mass is 9.87. The van der Waals surface area contributed by atoms with E-state index < -0.39 is 47.0 Å². The molecule has 0 atom stereocenters. The Balaban J connectivity index is 1.97. The summed E-state index contributed by atoms with van der Waals surface area (Å²) in [5.74, 6) is 0.0386. The molecule has 3 rings (SSSR count). The van der Waals surface area contributed by atoms with Crippen molar-refractivity contribution in [1.29, 1.82) is 0 Å². The number of fused-ring (bicyclic) bond motifs is 1. The molecule has 0 aromatic heterocycles. The normalized spacial score (nSPS) is 18.3. The van der Waals surface area contributed by atoms with Gasteiger partial charge in [-0.1, -0.05) is 20.8 Å². The first kappa shape index (κ1) is 30.1. The fourth-order valence-electron chi connectivity index (χ4n) is 3.74. The largest absolute Gasteiger partial charge is 0.543 e. The molecule has 0 aliphatic carbocycles. The Hall–Kier alpha value is -2.41. The lowest BCUT2D eigenvalue weighted by Crippen LogP contribution is -2.50. The van der Waals surface area contributed by atoms with Gasteiger partial charge in [0, 0.05) is 32.0 Å². The van der Waals surface area contributed by atoms with Crippen molar-refractivity contribution in [2.45, 2.75) is 89.2 Å². The zero-order chi connectivity index (χ0) is 28.9. The SMILES string of the molecule is CC(C)(C)OC(=O)N1CCC2(C=C(OS(=O)(=O)C(F)(F)F)c3cc(O[Si](C)(C)C(C)(C)C)ccc3O2)CC1. The minimum absolute atomic E-state index is 0.0363. The molecule has 2 aliphatic heterocycles. The van der Waals surface area contributed by atoms with Gasteiger partial charge in [-0.25, -0.2) is 4.79 Å². The van der Waals surface area contributed by atoms with Gasteiger partial charge in [-0.05, 0) is 57.1 Å². The van der Waals surface area contributed by atoms with Crippen LogP contribution in [0.5, 0.6) is 11.5 Å². The molecule has 1 aromatic rings. The molecule has 8 nitrogen and oxygen atoms in total. The van der Waals surface area contributed by atoms with E-state index in [1.807, 2.05) is 33.9 Å². The minimum atomic E-state index is -5.95. The molecule has 214 valence electrons. The highest BCUT2D eigenvalue weighted by atomic mass is 32.2. The topological polar surface area (TPSA) is 91.4 Å². The molecule has 0 bridgehead atoms. The lowest BCUT2D eigenvalue weighted by Gasteiger charge is -2.42. The number of carbonyl (C=O) groups is 1. The number of rotatable bonds is 4. The highest BCUT2D eigenvalue weighted by molar-refractivity contribution is 7.87. The molecule has 38 heavy (non-hydrogen) atoms. The maximum absolute atomic E-state index is 13.3. The molecule has 1 saturated heterocycles. The molecule has 2 aliphatic rings. The van der Waals surface area contributed by atoms with Gasteiger partial charge in [-0.15, -0.1) is 0 Å². The van der Waals surface area contributed by atoms with Crippen LogP contribution in [0.1, 0.15) is 59.9 Å². The first-order valence-electron chi connectivity index (χ1n) is 12.3. The number of amides is 1. The van der Waals surface area contributed by atoms with Gasteiger partial charge in [0.25, 0.3) is 0 Å². The van der Waals surface area contributed by atoms with Crippen molar-refractivity contribution >= 4 is 30.3 Å². The van der Waals surface area contributed by atoms with E-state index in [1.165, 1.54) is 23.1 Å². The number of piperidine rings is 1. The van der Waals surface area contributed by atoms with E-state index in [1.54, 1.807) is 26.8 Å². The van der Waals surface area contributed by atoms with Crippen molar-refractivity contribution in [2.75, 3.05) is 13.1 Å². The van der Waals surface area contributed by atoms with Crippen LogP contribution in [0, 0.1) is 0 Å². The summed E-state index contributed by atoms with van der Waals surface area (Å²) in [6, 6.07) is 4.62. The minimum Gasteiger partial charge on any atom is -0.543 e.